The lowest BCUT2D eigenvalue weighted by Crippen LogP contribution is -2.00. The number of hydrogen-bond acceptors (Lipinski definition) is 2. The Kier molecular flexibility index (Phi) is 3.61. The first kappa shape index (κ1) is 8.76. The van der Waals surface area contributed by atoms with Gasteiger partial charge < -0.3 is 0 Å². The quantitative estimate of drug-likeness (QED) is 0.732. The Morgan fingerprint density at radius 3 is 3.00 bits per heavy atom. The fraction of sp³-hybridized carbons (Fsp3) is 0.375. The van der Waals surface area contributed by atoms with Gasteiger partial charge in [-0.05, 0) is 17.9 Å². The average molecular weight is 230 g/mol. The number of hydrogen-bond donors (Lipinski definition) is 0. The van der Waals surface area contributed by atoms with Crippen molar-refractivity contribution in [1.82, 2.24) is 0 Å². The zero-order valence-electron chi connectivity index (χ0n) is 5.96. The summed E-state index contributed by atoms with van der Waals surface area (Å²) in [6, 6.07) is 6.33. The van der Waals surface area contributed by atoms with E-state index in [0.717, 1.165) is 11.8 Å². The summed E-state index contributed by atoms with van der Waals surface area (Å²) in [5.74, 6) is 0.119. The molecule has 1 unspecified atom stereocenters. The molecule has 0 fully saturated rings. The molecule has 0 bridgehead atoms. The van der Waals surface area contributed by atoms with Crippen molar-refractivity contribution in [2.24, 2.45) is 5.92 Å². The van der Waals surface area contributed by atoms with Gasteiger partial charge in [0.25, 0.3) is 0 Å². The lowest BCUT2D eigenvalue weighted by Gasteiger charge is -2.00. The van der Waals surface area contributed by atoms with Crippen LogP contribution in [0, 0.1) is 17.2 Å². The fourth-order valence-electron chi connectivity index (χ4n) is 0.806. The normalized spacial score (nSPS) is 12.4. The highest BCUT2D eigenvalue weighted by Gasteiger charge is 2.06. The predicted molar refractivity (Wildman–Crippen MR) is 50.9 cm³/mol. The van der Waals surface area contributed by atoms with Gasteiger partial charge in [0.05, 0.1) is 12.0 Å². The maximum Gasteiger partial charge on any atom is 0.0668 e. The molecule has 0 aliphatic heterocycles. The lowest BCUT2D eigenvalue weighted by molar-refractivity contribution is 0.766. The summed E-state index contributed by atoms with van der Waals surface area (Å²) in [5, 5.41) is 11.5. The Morgan fingerprint density at radius 1 is 1.73 bits per heavy atom. The number of halogens is 1. The Bertz CT molecular complexity index is 237. The molecule has 1 heterocycles. The van der Waals surface area contributed by atoms with Gasteiger partial charge in [-0.15, -0.1) is 11.3 Å². The summed E-state index contributed by atoms with van der Waals surface area (Å²) in [7, 11) is 0. The number of alkyl halides is 1. The standard InChI is InChI=1S/C8H8BrNS/c9-5-7(6-10)4-8-2-1-3-11-8/h1-3,7H,4-5H2. The van der Waals surface area contributed by atoms with Crippen LogP contribution in [-0.4, -0.2) is 5.33 Å². The molecule has 58 valence electrons. The summed E-state index contributed by atoms with van der Waals surface area (Å²) in [5.41, 5.74) is 0. The summed E-state index contributed by atoms with van der Waals surface area (Å²) in [6.45, 7) is 0. The summed E-state index contributed by atoms with van der Waals surface area (Å²) in [4.78, 5) is 1.29. The third-order valence-corrected chi connectivity index (χ3v) is 3.08. The molecule has 1 aromatic rings. The van der Waals surface area contributed by atoms with Crippen molar-refractivity contribution >= 4 is 27.3 Å². The van der Waals surface area contributed by atoms with Gasteiger partial charge in [0, 0.05) is 10.2 Å². The van der Waals surface area contributed by atoms with Crippen molar-refractivity contribution in [2.75, 3.05) is 5.33 Å². The number of nitriles is 1. The van der Waals surface area contributed by atoms with E-state index in [0.29, 0.717) is 0 Å². The van der Waals surface area contributed by atoms with E-state index in [1.54, 1.807) is 11.3 Å². The van der Waals surface area contributed by atoms with Crippen LogP contribution < -0.4 is 0 Å². The minimum Gasteiger partial charge on any atom is -0.198 e. The Balaban J connectivity index is 2.49. The minimum absolute atomic E-state index is 0.119. The van der Waals surface area contributed by atoms with Gasteiger partial charge in [0.2, 0.25) is 0 Å². The van der Waals surface area contributed by atoms with Gasteiger partial charge in [-0.1, -0.05) is 22.0 Å². The second kappa shape index (κ2) is 4.53. The molecule has 0 radical (unpaired) electrons. The van der Waals surface area contributed by atoms with Crippen molar-refractivity contribution in [3.05, 3.63) is 22.4 Å². The van der Waals surface area contributed by atoms with Crippen LogP contribution in [0.1, 0.15) is 4.88 Å². The van der Waals surface area contributed by atoms with Crippen LogP contribution in [0.3, 0.4) is 0 Å². The maximum atomic E-state index is 8.65. The second-order valence-corrected chi connectivity index (χ2v) is 3.94. The summed E-state index contributed by atoms with van der Waals surface area (Å²) >= 11 is 5.01. The van der Waals surface area contributed by atoms with Crippen molar-refractivity contribution < 1.29 is 0 Å². The van der Waals surface area contributed by atoms with E-state index in [1.165, 1.54) is 4.88 Å². The van der Waals surface area contributed by atoms with Gasteiger partial charge in [-0.3, -0.25) is 0 Å². The molecule has 11 heavy (non-hydrogen) atoms. The van der Waals surface area contributed by atoms with Crippen molar-refractivity contribution in [1.29, 1.82) is 5.26 Å². The van der Waals surface area contributed by atoms with Crippen molar-refractivity contribution in [3.8, 4) is 6.07 Å². The number of thiophene rings is 1. The topological polar surface area (TPSA) is 23.8 Å². The molecule has 1 atom stereocenters. The van der Waals surface area contributed by atoms with Crippen molar-refractivity contribution in [3.63, 3.8) is 0 Å². The van der Waals surface area contributed by atoms with E-state index in [9.17, 15) is 0 Å². The molecule has 1 nitrogen and oxygen atoms in total. The smallest absolute Gasteiger partial charge is 0.0668 e. The maximum absolute atomic E-state index is 8.65. The van der Waals surface area contributed by atoms with Crippen LogP contribution in [0.15, 0.2) is 17.5 Å². The molecular formula is C8H8BrNS. The van der Waals surface area contributed by atoms with Crippen LogP contribution in [0.5, 0.6) is 0 Å². The van der Waals surface area contributed by atoms with Gasteiger partial charge in [-0.2, -0.15) is 5.26 Å². The van der Waals surface area contributed by atoms with E-state index >= 15 is 0 Å². The second-order valence-electron chi connectivity index (χ2n) is 2.26. The SMILES string of the molecule is N#CC(CBr)Cc1cccs1. The Labute approximate surface area is 78.8 Å². The van der Waals surface area contributed by atoms with E-state index in [-0.39, 0.29) is 5.92 Å². The van der Waals surface area contributed by atoms with E-state index in [4.69, 9.17) is 5.26 Å². The predicted octanol–water partition coefficient (Wildman–Crippen LogP) is 2.83. The van der Waals surface area contributed by atoms with Gasteiger partial charge >= 0.3 is 0 Å². The van der Waals surface area contributed by atoms with Crippen molar-refractivity contribution in [2.45, 2.75) is 6.42 Å². The molecular weight excluding hydrogens is 222 g/mol. The minimum atomic E-state index is 0.119. The molecule has 0 saturated carbocycles. The third-order valence-electron chi connectivity index (χ3n) is 1.40. The number of nitrogens with zero attached hydrogens (tertiary/aromatic N) is 1. The zero-order valence-corrected chi connectivity index (χ0v) is 8.36. The van der Waals surface area contributed by atoms with E-state index < -0.39 is 0 Å². The molecule has 0 amide bonds. The van der Waals surface area contributed by atoms with E-state index in [2.05, 4.69) is 28.1 Å². The molecule has 0 saturated heterocycles. The number of rotatable bonds is 3. The summed E-state index contributed by atoms with van der Waals surface area (Å²) in [6.07, 6.45) is 0.874. The van der Waals surface area contributed by atoms with E-state index in [1.807, 2.05) is 11.4 Å². The van der Waals surface area contributed by atoms with Crippen LogP contribution >= 0.6 is 27.3 Å². The van der Waals surface area contributed by atoms with Crippen LogP contribution in [0.4, 0.5) is 0 Å². The highest BCUT2D eigenvalue weighted by atomic mass is 79.9. The fourth-order valence-corrected chi connectivity index (χ4v) is 1.97. The molecule has 0 aliphatic carbocycles. The highest BCUT2D eigenvalue weighted by Crippen LogP contribution is 2.15. The van der Waals surface area contributed by atoms with Gasteiger partial charge in [0.1, 0.15) is 0 Å². The van der Waals surface area contributed by atoms with Crippen LogP contribution in [0.2, 0.25) is 0 Å². The first-order valence-corrected chi connectivity index (χ1v) is 5.35. The summed E-state index contributed by atoms with van der Waals surface area (Å²) < 4.78 is 0. The monoisotopic (exact) mass is 229 g/mol. The van der Waals surface area contributed by atoms with Gasteiger partial charge in [0.15, 0.2) is 0 Å². The van der Waals surface area contributed by atoms with Gasteiger partial charge in [-0.25, -0.2) is 0 Å². The first-order valence-electron chi connectivity index (χ1n) is 3.34. The molecule has 3 heteroatoms. The molecule has 0 aromatic carbocycles. The van der Waals surface area contributed by atoms with Crippen LogP contribution in [0.25, 0.3) is 0 Å². The first-order chi connectivity index (χ1) is 5.36. The third kappa shape index (κ3) is 2.64. The average Bonchev–Trinajstić information content (AvgIpc) is 2.52. The molecule has 1 aromatic heterocycles. The molecule has 0 spiro atoms. The highest BCUT2D eigenvalue weighted by molar-refractivity contribution is 9.09. The largest absolute Gasteiger partial charge is 0.198 e. The Hall–Kier alpha value is -0.330. The lowest BCUT2D eigenvalue weighted by atomic mass is 10.1. The Morgan fingerprint density at radius 2 is 2.55 bits per heavy atom. The molecule has 0 N–H and O–H groups in total. The molecule has 1 rings (SSSR count). The zero-order chi connectivity index (χ0) is 8.10. The molecule has 0 aliphatic rings. The van der Waals surface area contributed by atoms with Crippen LogP contribution in [-0.2, 0) is 6.42 Å².